The number of anilines is 1. The molecule has 0 bridgehead atoms. The van der Waals surface area contributed by atoms with Gasteiger partial charge in [0, 0.05) is 12.2 Å². The lowest BCUT2D eigenvalue weighted by Gasteiger charge is -2.17. The van der Waals surface area contributed by atoms with Crippen molar-refractivity contribution in [1.29, 1.82) is 0 Å². The van der Waals surface area contributed by atoms with Crippen molar-refractivity contribution in [3.63, 3.8) is 0 Å². The number of carbonyl (C=O) groups excluding carboxylic acids is 1. The van der Waals surface area contributed by atoms with Crippen molar-refractivity contribution < 1.29 is 9.53 Å². The van der Waals surface area contributed by atoms with E-state index in [9.17, 15) is 4.79 Å². The predicted octanol–water partition coefficient (Wildman–Crippen LogP) is 3.34. The van der Waals surface area contributed by atoms with E-state index in [1.807, 2.05) is 30.3 Å². The number of esters is 1. The Bertz CT molecular complexity index is 627. The van der Waals surface area contributed by atoms with Crippen molar-refractivity contribution in [3.05, 3.63) is 42.0 Å². The molecule has 0 aromatic heterocycles. The van der Waals surface area contributed by atoms with Crippen molar-refractivity contribution in [2.45, 2.75) is 13.8 Å². The number of hydrogen-bond donors (Lipinski definition) is 1. The minimum Gasteiger partial charge on any atom is -0.461 e. The van der Waals surface area contributed by atoms with Gasteiger partial charge in [-0.15, -0.1) is 12.4 Å². The SMILES string of the molecule is CCN(CC)CCOC(=O)c1cc(N)cc2ccccc12.Cl. The lowest BCUT2D eigenvalue weighted by Crippen LogP contribution is -2.27. The van der Waals surface area contributed by atoms with Crippen molar-refractivity contribution in [1.82, 2.24) is 4.90 Å². The molecule has 0 radical (unpaired) electrons. The summed E-state index contributed by atoms with van der Waals surface area (Å²) in [7, 11) is 0. The van der Waals surface area contributed by atoms with Gasteiger partial charge in [-0.1, -0.05) is 38.1 Å². The Morgan fingerprint density at radius 1 is 1.18 bits per heavy atom. The zero-order valence-corrected chi connectivity index (χ0v) is 13.9. The number of rotatable bonds is 6. The highest BCUT2D eigenvalue weighted by Gasteiger charge is 2.12. The molecule has 0 saturated carbocycles. The standard InChI is InChI=1S/C17H22N2O2.ClH/c1-3-19(4-2)9-10-21-17(20)16-12-14(18)11-13-7-5-6-8-15(13)16;/h5-8,11-12H,3-4,9-10,18H2,1-2H3;1H. The minimum absolute atomic E-state index is 0. The number of halogens is 1. The van der Waals surface area contributed by atoms with Gasteiger partial charge >= 0.3 is 5.97 Å². The van der Waals surface area contributed by atoms with Crippen LogP contribution in [0, 0.1) is 0 Å². The molecule has 2 rings (SSSR count). The van der Waals surface area contributed by atoms with Crippen molar-refractivity contribution in [2.24, 2.45) is 0 Å². The molecular weight excluding hydrogens is 300 g/mol. The van der Waals surface area contributed by atoms with Gasteiger partial charge in [0.25, 0.3) is 0 Å². The molecule has 2 aromatic rings. The van der Waals surface area contributed by atoms with Crippen LogP contribution in [0.2, 0.25) is 0 Å². The van der Waals surface area contributed by atoms with Gasteiger partial charge in [-0.3, -0.25) is 0 Å². The second kappa shape index (κ2) is 8.61. The summed E-state index contributed by atoms with van der Waals surface area (Å²) in [6.45, 7) is 7.24. The molecule has 5 heteroatoms. The second-order valence-corrected chi connectivity index (χ2v) is 4.95. The van der Waals surface area contributed by atoms with Gasteiger partial charge in [0.1, 0.15) is 6.61 Å². The highest BCUT2D eigenvalue weighted by Crippen LogP contribution is 2.23. The Kier molecular flexibility index (Phi) is 7.15. The molecule has 0 atom stereocenters. The van der Waals surface area contributed by atoms with Gasteiger partial charge in [-0.25, -0.2) is 4.79 Å². The molecule has 0 aliphatic carbocycles. The van der Waals surface area contributed by atoms with Crippen LogP contribution in [0.25, 0.3) is 10.8 Å². The molecule has 0 spiro atoms. The van der Waals surface area contributed by atoms with Crippen LogP contribution in [0.5, 0.6) is 0 Å². The molecule has 22 heavy (non-hydrogen) atoms. The first-order valence-corrected chi connectivity index (χ1v) is 7.33. The molecule has 2 aromatic carbocycles. The van der Waals surface area contributed by atoms with Gasteiger partial charge in [-0.2, -0.15) is 0 Å². The molecule has 0 fully saturated rings. The van der Waals surface area contributed by atoms with Crippen LogP contribution >= 0.6 is 12.4 Å². The van der Waals surface area contributed by atoms with Crippen LogP contribution in [-0.2, 0) is 4.74 Å². The van der Waals surface area contributed by atoms with E-state index in [1.165, 1.54) is 0 Å². The lowest BCUT2D eigenvalue weighted by atomic mass is 10.0. The quantitative estimate of drug-likeness (QED) is 0.654. The number of likely N-dealkylation sites (N-methyl/N-ethyl adjacent to an activating group) is 1. The monoisotopic (exact) mass is 322 g/mol. The number of benzene rings is 2. The number of fused-ring (bicyclic) bond motifs is 1. The summed E-state index contributed by atoms with van der Waals surface area (Å²) < 4.78 is 5.39. The number of nitrogen functional groups attached to an aromatic ring is 1. The summed E-state index contributed by atoms with van der Waals surface area (Å²) in [4.78, 5) is 14.5. The third-order valence-electron chi connectivity index (χ3n) is 3.64. The summed E-state index contributed by atoms with van der Waals surface area (Å²) in [5.74, 6) is -0.314. The fraction of sp³-hybridized carbons (Fsp3) is 0.353. The fourth-order valence-corrected chi connectivity index (χ4v) is 2.39. The highest BCUT2D eigenvalue weighted by molar-refractivity contribution is 6.05. The average molecular weight is 323 g/mol. The Labute approximate surface area is 137 Å². The zero-order chi connectivity index (χ0) is 15.2. The van der Waals surface area contributed by atoms with Gasteiger partial charge in [0.05, 0.1) is 5.56 Å². The summed E-state index contributed by atoms with van der Waals surface area (Å²) in [5.41, 5.74) is 6.97. The minimum atomic E-state index is -0.314. The maximum Gasteiger partial charge on any atom is 0.338 e. The maximum absolute atomic E-state index is 12.3. The number of carbonyl (C=O) groups is 1. The number of hydrogen-bond acceptors (Lipinski definition) is 4. The van der Waals surface area contributed by atoms with Crippen molar-refractivity contribution in [2.75, 3.05) is 32.0 Å². The normalized spacial score (nSPS) is 10.5. The second-order valence-electron chi connectivity index (χ2n) is 4.95. The number of nitrogens with zero attached hydrogens (tertiary/aromatic N) is 1. The molecule has 4 nitrogen and oxygen atoms in total. The Balaban J connectivity index is 0.00000242. The van der Waals surface area contributed by atoms with Gasteiger partial charge in [0.15, 0.2) is 0 Å². The molecule has 120 valence electrons. The highest BCUT2D eigenvalue weighted by atomic mass is 35.5. The summed E-state index contributed by atoms with van der Waals surface area (Å²) >= 11 is 0. The Hall–Kier alpha value is -1.78. The molecule has 2 N–H and O–H groups in total. The maximum atomic E-state index is 12.3. The molecule has 0 aliphatic heterocycles. The first-order valence-electron chi connectivity index (χ1n) is 7.33. The zero-order valence-electron chi connectivity index (χ0n) is 13.0. The number of ether oxygens (including phenoxy) is 1. The smallest absolute Gasteiger partial charge is 0.338 e. The molecule has 0 amide bonds. The van der Waals surface area contributed by atoms with Crippen LogP contribution in [0.15, 0.2) is 36.4 Å². The third kappa shape index (κ3) is 4.36. The molecule has 0 aliphatic rings. The van der Waals surface area contributed by atoms with E-state index in [1.54, 1.807) is 6.07 Å². The van der Waals surface area contributed by atoms with E-state index >= 15 is 0 Å². The predicted molar refractivity (Wildman–Crippen MR) is 93.7 cm³/mol. The van der Waals surface area contributed by atoms with E-state index in [2.05, 4.69) is 18.7 Å². The largest absolute Gasteiger partial charge is 0.461 e. The number of nitrogens with two attached hydrogens (primary N) is 1. The first kappa shape index (κ1) is 18.3. The van der Waals surface area contributed by atoms with Crippen molar-refractivity contribution in [3.8, 4) is 0 Å². The summed E-state index contributed by atoms with van der Waals surface area (Å²) in [6, 6.07) is 11.2. The van der Waals surface area contributed by atoms with E-state index in [4.69, 9.17) is 10.5 Å². The van der Waals surface area contributed by atoms with Crippen LogP contribution in [0.4, 0.5) is 5.69 Å². The molecule has 0 heterocycles. The van der Waals surface area contributed by atoms with Crippen LogP contribution in [0.1, 0.15) is 24.2 Å². The average Bonchev–Trinajstić information content (AvgIpc) is 2.50. The van der Waals surface area contributed by atoms with E-state index in [-0.39, 0.29) is 18.4 Å². The van der Waals surface area contributed by atoms with Crippen LogP contribution in [0.3, 0.4) is 0 Å². The van der Waals surface area contributed by atoms with Crippen LogP contribution < -0.4 is 5.73 Å². The third-order valence-corrected chi connectivity index (χ3v) is 3.64. The Morgan fingerprint density at radius 2 is 1.86 bits per heavy atom. The van der Waals surface area contributed by atoms with E-state index < -0.39 is 0 Å². The van der Waals surface area contributed by atoms with E-state index in [0.29, 0.717) is 17.9 Å². The van der Waals surface area contributed by atoms with Crippen LogP contribution in [-0.4, -0.2) is 37.1 Å². The van der Waals surface area contributed by atoms with Gasteiger partial charge in [-0.05, 0) is 36.0 Å². The topological polar surface area (TPSA) is 55.6 Å². The van der Waals surface area contributed by atoms with E-state index in [0.717, 1.165) is 30.4 Å². The summed E-state index contributed by atoms with van der Waals surface area (Å²) in [5, 5.41) is 1.83. The fourth-order valence-electron chi connectivity index (χ4n) is 2.39. The van der Waals surface area contributed by atoms with Gasteiger partial charge < -0.3 is 15.4 Å². The first-order chi connectivity index (χ1) is 10.2. The molecular formula is C17H23ClN2O2. The Morgan fingerprint density at radius 3 is 2.55 bits per heavy atom. The lowest BCUT2D eigenvalue weighted by molar-refractivity contribution is 0.0469. The van der Waals surface area contributed by atoms with Crippen molar-refractivity contribution >= 4 is 34.8 Å². The molecule has 0 saturated heterocycles. The summed E-state index contributed by atoms with van der Waals surface area (Å²) in [6.07, 6.45) is 0. The molecule has 0 unspecified atom stereocenters. The van der Waals surface area contributed by atoms with Gasteiger partial charge in [0.2, 0.25) is 0 Å².